The SMILES string of the molecule is CC(C)CC(SC(CC(C)C)C(C)C)C(C)C. The normalized spacial score (nSPS) is 16.2. The van der Waals surface area contributed by atoms with Gasteiger partial charge in [-0.3, -0.25) is 0 Å². The van der Waals surface area contributed by atoms with Crippen molar-refractivity contribution in [1.82, 2.24) is 0 Å². The van der Waals surface area contributed by atoms with Crippen LogP contribution in [-0.2, 0) is 0 Å². The summed E-state index contributed by atoms with van der Waals surface area (Å²) in [6.45, 7) is 18.9. The lowest BCUT2D eigenvalue weighted by Crippen LogP contribution is -2.23. The van der Waals surface area contributed by atoms with Gasteiger partial charge in [-0.25, -0.2) is 0 Å². The van der Waals surface area contributed by atoms with Gasteiger partial charge in [-0.05, 0) is 36.5 Å². The van der Waals surface area contributed by atoms with E-state index in [9.17, 15) is 0 Å². The number of rotatable bonds is 8. The zero-order chi connectivity index (χ0) is 13.6. The zero-order valence-electron chi connectivity index (χ0n) is 13.3. The molecule has 0 heterocycles. The van der Waals surface area contributed by atoms with Crippen LogP contribution in [0.4, 0.5) is 0 Å². The van der Waals surface area contributed by atoms with E-state index in [1.165, 1.54) is 12.8 Å². The molecule has 104 valence electrons. The summed E-state index contributed by atoms with van der Waals surface area (Å²) in [6, 6.07) is 0. The number of hydrogen-bond acceptors (Lipinski definition) is 1. The summed E-state index contributed by atoms with van der Waals surface area (Å²) in [5, 5.41) is 1.67. The zero-order valence-corrected chi connectivity index (χ0v) is 14.1. The van der Waals surface area contributed by atoms with Crippen LogP contribution in [0.1, 0.15) is 68.2 Å². The van der Waals surface area contributed by atoms with E-state index in [0.717, 1.165) is 34.2 Å². The van der Waals surface area contributed by atoms with E-state index in [2.05, 4.69) is 67.2 Å². The second-order valence-electron chi connectivity index (χ2n) is 6.96. The third kappa shape index (κ3) is 8.13. The molecule has 17 heavy (non-hydrogen) atoms. The van der Waals surface area contributed by atoms with Gasteiger partial charge in [0.2, 0.25) is 0 Å². The molecule has 0 amide bonds. The third-order valence-electron chi connectivity index (χ3n) is 3.24. The highest BCUT2D eigenvalue weighted by Crippen LogP contribution is 2.35. The van der Waals surface area contributed by atoms with Crippen molar-refractivity contribution in [3.63, 3.8) is 0 Å². The molecule has 0 N–H and O–H groups in total. The fourth-order valence-corrected chi connectivity index (χ4v) is 4.19. The lowest BCUT2D eigenvalue weighted by atomic mass is 9.99. The summed E-state index contributed by atoms with van der Waals surface area (Å²) < 4.78 is 0. The first-order valence-corrected chi connectivity index (χ1v) is 8.33. The Hall–Kier alpha value is 0.350. The maximum absolute atomic E-state index is 2.38. The Balaban J connectivity index is 4.45. The average molecular weight is 259 g/mol. The summed E-state index contributed by atoms with van der Waals surface area (Å²) in [5.74, 6) is 3.25. The molecule has 0 saturated carbocycles. The van der Waals surface area contributed by atoms with Crippen molar-refractivity contribution in [2.75, 3.05) is 0 Å². The summed E-state index contributed by atoms with van der Waals surface area (Å²) in [7, 11) is 0. The third-order valence-corrected chi connectivity index (χ3v) is 5.42. The second-order valence-corrected chi connectivity index (χ2v) is 8.44. The highest BCUT2D eigenvalue weighted by atomic mass is 32.2. The molecule has 0 aliphatic heterocycles. The van der Waals surface area contributed by atoms with Gasteiger partial charge in [0, 0.05) is 10.5 Å². The van der Waals surface area contributed by atoms with Gasteiger partial charge < -0.3 is 0 Å². The van der Waals surface area contributed by atoms with Gasteiger partial charge in [0.05, 0.1) is 0 Å². The monoisotopic (exact) mass is 258 g/mol. The van der Waals surface area contributed by atoms with Gasteiger partial charge in [0.25, 0.3) is 0 Å². The molecule has 0 aromatic carbocycles. The van der Waals surface area contributed by atoms with E-state index in [0.29, 0.717) is 0 Å². The summed E-state index contributed by atoms with van der Waals surface area (Å²) in [6.07, 6.45) is 2.73. The highest BCUT2D eigenvalue weighted by molar-refractivity contribution is 8.00. The van der Waals surface area contributed by atoms with Crippen molar-refractivity contribution in [2.24, 2.45) is 23.7 Å². The lowest BCUT2D eigenvalue weighted by Gasteiger charge is -2.30. The maximum atomic E-state index is 2.38. The molecule has 2 unspecified atom stereocenters. The first-order chi connectivity index (χ1) is 7.73. The first kappa shape index (κ1) is 17.4. The molecule has 1 heteroatoms. The molecule has 0 radical (unpaired) electrons. The molecular weight excluding hydrogens is 224 g/mol. The van der Waals surface area contributed by atoms with Crippen molar-refractivity contribution in [2.45, 2.75) is 78.7 Å². The van der Waals surface area contributed by atoms with Gasteiger partial charge in [-0.15, -0.1) is 0 Å². The van der Waals surface area contributed by atoms with Gasteiger partial charge in [0.1, 0.15) is 0 Å². The highest BCUT2D eigenvalue weighted by Gasteiger charge is 2.23. The molecule has 0 spiro atoms. The predicted octanol–water partition coefficient (Wildman–Crippen LogP) is 5.86. The molecule has 0 nitrogen and oxygen atoms in total. The van der Waals surface area contributed by atoms with E-state index in [1.54, 1.807) is 0 Å². The second kappa shape index (κ2) is 8.45. The maximum Gasteiger partial charge on any atom is 0.00753 e. The van der Waals surface area contributed by atoms with Crippen molar-refractivity contribution >= 4 is 11.8 Å². The molecule has 0 aliphatic rings. The van der Waals surface area contributed by atoms with Crippen LogP contribution < -0.4 is 0 Å². The molecule has 0 bridgehead atoms. The van der Waals surface area contributed by atoms with Crippen LogP contribution in [-0.4, -0.2) is 10.5 Å². The Labute approximate surface area is 114 Å². The molecule has 0 aromatic heterocycles. The molecule has 2 atom stereocenters. The summed E-state index contributed by atoms with van der Waals surface area (Å²) in [4.78, 5) is 0. The smallest absolute Gasteiger partial charge is 0.00753 e. The standard InChI is InChI=1S/C16H34S/c1-11(2)9-15(13(5)6)17-16(14(7)8)10-12(3)4/h11-16H,9-10H2,1-8H3. The van der Waals surface area contributed by atoms with Crippen molar-refractivity contribution < 1.29 is 0 Å². The Morgan fingerprint density at radius 2 is 0.882 bits per heavy atom. The Morgan fingerprint density at radius 1 is 0.588 bits per heavy atom. The van der Waals surface area contributed by atoms with Crippen LogP contribution in [0.15, 0.2) is 0 Å². The largest absolute Gasteiger partial charge is 0.155 e. The minimum absolute atomic E-state index is 0.802. The Bertz CT molecular complexity index is 162. The fraction of sp³-hybridized carbons (Fsp3) is 1.00. The van der Waals surface area contributed by atoms with Gasteiger partial charge >= 0.3 is 0 Å². The quantitative estimate of drug-likeness (QED) is 0.525. The van der Waals surface area contributed by atoms with Crippen LogP contribution in [0.3, 0.4) is 0 Å². The molecule has 0 aromatic rings. The topological polar surface area (TPSA) is 0 Å². The van der Waals surface area contributed by atoms with E-state index in [1.807, 2.05) is 0 Å². The van der Waals surface area contributed by atoms with E-state index < -0.39 is 0 Å². The van der Waals surface area contributed by atoms with E-state index in [-0.39, 0.29) is 0 Å². The summed E-state index contributed by atoms with van der Waals surface area (Å²) in [5.41, 5.74) is 0. The Kier molecular flexibility index (Phi) is 8.63. The van der Waals surface area contributed by atoms with Crippen molar-refractivity contribution in [3.05, 3.63) is 0 Å². The molecule has 0 aliphatic carbocycles. The minimum Gasteiger partial charge on any atom is -0.155 e. The van der Waals surface area contributed by atoms with Crippen molar-refractivity contribution in [1.29, 1.82) is 0 Å². The predicted molar refractivity (Wildman–Crippen MR) is 83.8 cm³/mol. The summed E-state index contributed by atoms with van der Waals surface area (Å²) >= 11 is 2.26. The first-order valence-electron chi connectivity index (χ1n) is 7.39. The van der Waals surface area contributed by atoms with Crippen LogP contribution >= 0.6 is 11.8 Å². The average Bonchev–Trinajstić information content (AvgIpc) is 2.13. The van der Waals surface area contributed by atoms with Crippen molar-refractivity contribution in [3.8, 4) is 0 Å². The van der Waals surface area contributed by atoms with Crippen LogP contribution in [0.25, 0.3) is 0 Å². The molecular formula is C16H34S. The van der Waals surface area contributed by atoms with Gasteiger partial charge in [-0.1, -0.05) is 55.4 Å². The molecule has 0 rings (SSSR count). The number of thioether (sulfide) groups is 1. The van der Waals surface area contributed by atoms with Crippen LogP contribution in [0, 0.1) is 23.7 Å². The fourth-order valence-electron chi connectivity index (χ4n) is 2.12. The van der Waals surface area contributed by atoms with Crippen LogP contribution in [0.5, 0.6) is 0 Å². The minimum atomic E-state index is 0.802. The molecule has 0 fully saturated rings. The molecule has 0 saturated heterocycles. The van der Waals surface area contributed by atoms with Crippen LogP contribution in [0.2, 0.25) is 0 Å². The number of hydrogen-bond donors (Lipinski definition) is 0. The Morgan fingerprint density at radius 3 is 1.06 bits per heavy atom. The van der Waals surface area contributed by atoms with E-state index >= 15 is 0 Å². The van der Waals surface area contributed by atoms with Gasteiger partial charge in [0.15, 0.2) is 0 Å². The van der Waals surface area contributed by atoms with Gasteiger partial charge in [-0.2, -0.15) is 11.8 Å². The lowest BCUT2D eigenvalue weighted by molar-refractivity contribution is 0.465. The van der Waals surface area contributed by atoms with E-state index in [4.69, 9.17) is 0 Å².